The molecule has 0 aliphatic carbocycles. The maximum absolute atomic E-state index is 13.8. The van der Waals surface area contributed by atoms with Crippen LogP contribution in [0.4, 0.5) is 0 Å². The molecule has 638 valence electrons. The summed E-state index contributed by atoms with van der Waals surface area (Å²) in [5, 5.41) is 206. The predicted octanol–water partition coefficient (Wildman–Crippen LogP) is -0.698. The third kappa shape index (κ3) is 31.1. The van der Waals surface area contributed by atoms with E-state index in [0.717, 1.165) is 78.2 Å². The minimum atomic E-state index is -3.39. The van der Waals surface area contributed by atoms with Gasteiger partial charge in [0.25, 0.3) is 11.6 Å². The highest BCUT2D eigenvalue weighted by atomic mass is 16.8. The molecule has 4 heterocycles. The summed E-state index contributed by atoms with van der Waals surface area (Å²) in [7, 11) is 1.06. The fourth-order valence-electron chi connectivity index (χ4n) is 14.5. The minimum absolute atomic E-state index is 0.0896. The van der Waals surface area contributed by atoms with Crippen LogP contribution >= 0.6 is 0 Å². The van der Waals surface area contributed by atoms with Crippen molar-refractivity contribution in [2.24, 2.45) is 0 Å². The van der Waals surface area contributed by atoms with E-state index in [0.29, 0.717) is 12.8 Å². The lowest BCUT2D eigenvalue weighted by Gasteiger charge is -2.50. The van der Waals surface area contributed by atoms with Crippen molar-refractivity contribution in [3.8, 4) is 0 Å². The summed E-state index contributed by atoms with van der Waals surface area (Å²) in [4.78, 5) is 65.9. The SMILES string of the molecule is CCCCCCCCCCCCCCCCCCCC[C@@H](O)C(=O)N[C@@H](CO[C@@H]1O[C@H](CO)[C@@H](O[C@@H]2O[C@H](CO)[C@H](O)[C@H](O[C@]3(C(=O)O)C[C@H](O)[C@@H](NC(=O)CO[C@]4(C(=O)O)C[C@H](O)[C@@H](NC(C)=O)[C@H]([C@H](O)[C@@H](CO)OC)O4)[C@H]([C@H](O)[C@H](O)CO)O3)[C@H]2O)[C@H](O)[C@H]1O)[C@H](O)[C@H](O)CCCCCCCCCCCCC. The summed E-state index contributed by atoms with van der Waals surface area (Å²) in [6, 6.07) is -5.10. The molecule has 0 aromatic heterocycles. The van der Waals surface area contributed by atoms with Crippen LogP contribution in [0.3, 0.4) is 0 Å². The Labute approximate surface area is 639 Å². The van der Waals surface area contributed by atoms with Crippen LogP contribution in [-0.4, -0.2) is 327 Å². The zero-order valence-electron chi connectivity index (χ0n) is 64.2. The number of aliphatic hydroxyl groups excluding tert-OH is 16. The van der Waals surface area contributed by atoms with Crippen molar-refractivity contribution in [1.82, 2.24) is 16.0 Å². The molecule has 0 bridgehead atoms. The van der Waals surface area contributed by atoms with E-state index in [4.69, 9.17) is 42.6 Å². The maximum atomic E-state index is 13.8. The summed E-state index contributed by atoms with van der Waals surface area (Å²) in [6.45, 7) is -1.07. The Kier molecular flexibility index (Phi) is 46.7. The summed E-state index contributed by atoms with van der Waals surface area (Å²) in [5.41, 5.74) is 0. The molecule has 0 saturated carbocycles. The molecule has 0 unspecified atom stereocenters. The van der Waals surface area contributed by atoms with Crippen molar-refractivity contribution < 1.29 is 159 Å². The molecule has 4 saturated heterocycles. The van der Waals surface area contributed by atoms with Gasteiger partial charge in [-0.1, -0.05) is 200 Å². The molecule has 4 rings (SSSR count). The van der Waals surface area contributed by atoms with Crippen LogP contribution in [0, 0.1) is 0 Å². The van der Waals surface area contributed by atoms with Crippen LogP contribution < -0.4 is 16.0 Å². The number of carboxylic acids is 2. The zero-order chi connectivity index (χ0) is 80.8. The number of unbranched alkanes of at least 4 members (excludes halogenated alkanes) is 27. The fraction of sp³-hybridized carbons (Fsp3) is 0.932. The largest absolute Gasteiger partial charge is 0.477 e. The maximum Gasteiger partial charge on any atom is 0.364 e. The molecular formula is C74H135N3O32. The minimum Gasteiger partial charge on any atom is -0.477 e. The van der Waals surface area contributed by atoms with Crippen molar-refractivity contribution in [2.75, 3.05) is 46.8 Å². The van der Waals surface area contributed by atoms with Gasteiger partial charge in [-0.15, -0.1) is 0 Å². The van der Waals surface area contributed by atoms with Crippen molar-refractivity contribution in [2.45, 2.75) is 391 Å². The molecule has 0 aromatic rings. The van der Waals surface area contributed by atoms with E-state index in [2.05, 4.69) is 29.8 Å². The average Bonchev–Trinajstić information content (AvgIpc) is 0.753. The molecule has 21 N–H and O–H groups in total. The first-order valence-electron chi connectivity index (χ1n) is 39.8. The van der Waals surface area contributed by atoms with E-state index in [1.54, 1.807) is 0 Å². The highest BCUT2D eigenvalue weighted by molar-refractivity contribution is 5.81. The summed E-state index contributed by atoms with van der Waals surface area (Å²) in [6.07, 6.45) is -12.6. The van der Waals surface area contributed by atoms with Gasteiger partial charge in [0, 0.05) is 26.9 Å². The van der Waals surface area contributed by atoms with E-state index in [1.807, 2.05) is 0 Å². The van der Waals surface area contributed by atoms with Gasteiger partial charge in [0.1, 0.15) is 104 Å². The smallest absolute Gasteiger partial charge is 0.364 e. The van der Waals surface area contributed by atoms with Gasteiger partial charge in [0.15, 0.2) is 12.6 Å². The standard InChI is InChI=1S/C74H135N3O32/c1-5-7-9-11-13-15-17-18-19-20-21-22-23-25-27-29-31-33-35-47(84)68(96)76-45(57(89)46(83)34-32-30-28-26-24-16-14-12-10-8-6-2)42-102-69-62(94)61(93)64(53(41-81)105-69)106-70-63(95)67(60(92)52(40-80)104-70)109-74(72(99)100)37-49(86)56(65(108-74)58(90)50(87)38-78)77-54(88)43-103-73(71(97)98)36-48(85)55(75-44(3)82)66(107-73)59(91)51(39-79)101-4/h45-53,55-67,69-70,78-81,83-87,89-95H,5-43H2,1-4H3,(H,75,82)(H,76,96)(H,77,88)(H,97,98)(H,99,100)/t45-,46+,47+,48-,49-,50+,51+,52+,53+,55+,56+,57-,58+,59+,60-,61+,62+,63+,64+,65+,66+,67-,69+,70-,73+,74-/m0/s1. The molecule has 26 atom stereocenters. The normalized spacial score (nSPS) is 31.0. The first-order valence-corrected chi connectivity index (χ1v) is 39.8. The van der Waals surface area contributed by atoms with Gasteiger partial charge in [-0.25, -0.2) is 9.59 Å². The second-order valence-electron chi connectivity index (χ2n) is 29.9. The van der Waals surface area contributed by atoms with E-state index in [9.17, 15) is 116 Å². The monoisotopic (exact) mass is 1580 g/mol. The highest BCUT2D eigenvalue weighted by Crippen LogP contribution is 2.40. The summed E-state index contributed by atoms with van der Waals surface area (Å²) >= 11 is 0. The van der Waals surface area contributed by atoms with Crippen LogP contribution in [0.25, 0.3) is 0 Å². The Morgan fingerprint density at radius 2 is 0.954 bits per heavy atom. The van der Waals surface area contributed by atoms with Gasteiger partial charge in [0.2, 0.25) is 17.7 Å². The number of amides is 3. The van der Waals surface area contributed by atoms with Crippen LogP contribution in [0.2, 0.25) is 0 Å². The lowest BCUT2D eigenvalue weighted by Crippen LogP contribution is -2.71. The molecule has 3 amide bonds. The van der Waals surface area contributed by atoms with E-state index in [1.165, 1.54) is 109 Å². The lowest BCUT2D eigenvalue weighted by molar-refractivity contribution is -0.386. The Balaban J connectivity index is 1.45. The highest BCUT2D eigenvalue weighted by Gasteiger charge is 2.61. The molecule has 0 aromatic carbocycles. The second-order valence-corrected chi connectivity index (χ2v) is 29.9. The first kappa shape index (κ1) is 97.7. The number of aliphatic carboxylic acids is 2. The summed E-state index contributed by atoms with van der Waals surface area (Å²) in [5.74, 6) is -13.7. The Morgan fingerprint density at radius 1 is 0.505 bits per heavy atom. The van der Waals surface area contributed by atoms with Crippen LogP contribution in [0.5, 0.6) is 0 Å². The number of carboxylic acid groups (broad SMARTS) is 2. The molecule has 0 spiro atoms. The Hall–Kier alpha value is -3.65. The van der Waals surface area contributed by atoms with E-state index >= 15 is 0 Å². The van der Waals surface area contributed by atoms with Gasteiger partial charge in [-0.2, -0.15) is 0 Å². The molecule has 0 radical (unpaired) electrons. The molecule has 109 heavy (non-hydrogen) atoms. The number of rotatable bonds is 58. The zero-order valence-corrected chi connectivity index (χ0v) is 64.2. The van der Waals surface area contributed by atoms with E-state index in [-0.39, 0.29) is 12.8 Å². The van der Waals surface area contributed by atoms with Gasteiger partial charge in [0.05, 0.1) is 69.5 Å². The predicted molar refractivity (Wildman–Crippen MR) is 386 cm³/mol. The van der Waals surface area contributed by atoms with Crippen molar-refractivity contribution >= 4 is 29.7 Å². The van der Waals surface area contributed by atoms with Gasteiger partial charge in [-0.05, 0) is 12.8 Å². The fourth-order valence-corrected chi connectivity index (χ4v) is 14.5. The van der Waals surface area contributed by atoms with Crippen molar-refractivity contribution in [3.63, 3.8) is 0 Å². The number of aliphatic hydroxyl groups is 16. The molecule has 4 fully saturated rings. The van der Waals surface area contributed by atoms with Gasteiger partial charge < -0.3 is 150 Å². The molecule has 35 heteroatoms. The Morgan fingerprint density at radius 3 is 1.41 bits per heavy atom. The molecular weight excluding hydrogens is 1440 g/mol. The van der Waals surface area contributed by atoms with E-state index < -0.39 is 240 Å². The average molecular weight is 1580 g/mol. The summed E-state index contributed by atoms with van der Waals surface area (Å²) < 4.78 is 50.9. The quantitative estimate of drug-likeness (QED) is 0.0335. The van der Waals surface area contributed by atoms with Gasteiger partial charge in [-0.3, -0.25) is 14.4 Å². The number of carbonyl (C=O) groups excluding carboxylic acids is 3. The third-order valence-corrected chi connectivity index (χ3v) is 21.1. The van der Waals surface area contributed by atoms with Crippen LogP contribution in [0.1, 0.15) is 233 Å². The molecule has 35 nitrogen and oxygen atoms in total. The number of hydrogen-bond donors (Lipinski definition) is 21. The molecule has 4 aliphatic heterocycles. The van der Waals surface area contributed by atoms with Crippen LogP contribution in [0.15, 0.2) is 0 Å². The number of hydrogen-bond acceptors (Lipinski definition) is 30. The lowest BCUT2D eigenvalue weighted by atomic mass is 9.88. The number of ether oxygens (including phenoxy) is 9. The van der Waals surface area contributed by atoms with Crippen molar-refractivity contribution in [3.05, 3.63) is 0 Å². The molecule has 4 aliphatic rings. The number of nitrogens with one attached hydrogen (secondary N) is 3. The van der Waals surface area contributed by atoms with Gasteiger partial charge >= 0.3 is 11.9 Å². The van der Waals surface area contributed by atoms with Crippen molar-refractivity contribution in [1.29, 1.82) is 0 Å². The first-order chi connectivity index (χ1) is 52.1. The topological polar surface area (TPSA) is 569 Å². The Bertz CT molecular complexity index is 2520. The second kappa shape index (κ2) is 52.0. The third-order valence-electron chi connectivity index (χ3n) is 21.1. The van der Waals surface area contributed by atoms with Crippen LogP contribution in [-0.2, 0) is 66.6 Å². The number of methoxy groups -OCH3 is 1. The number of carbonyl (C=O) groups is 5.